The van der Waals surface area contributed by atoms with E-state index in [-0.39, 0.29) is 18.1 Å². The average Bonchev–Trinajstić information content (AvgIpc) is 3.37. The molecular formula is C27H36F2N8O4. The lowest BCUT2D eigenvalue weighted by molar-refractivity contribution is 0.0200. The fourth-order valence-corrected chi connectivity index (χ4v) is 5.04. The molecule has 0 unspecified atom stereocenters. The standard InChI is InChI=1S/C27H36F2N8O4/c1-27(2,3)41-26(38)34(4)17-9-11-35(12-10-17)23-31-24(36-13-15-40-16-14-36)33-25(32-23)37-18-7-6-8-19(39-5)20(18)30-22(37)21(28)29/h6-8,17,21H,9-16H2,1-5H3. The number of morpholine rings is 1. The summed E-state index contributed by atoms with van der Waals surface area (Å²) >= 11 is 0. The van der Waals surface area contributed by atoms with Crippen molar-refractivity contribution < 1.29 is 27.8 Å². The molecule has 1 amide bonds. The normalized spacial score (nSPS) is 16.9. The molecule has 3 aromatic rings. The number of fused-ring (bicyclic) bond motifs is 1. The summed E-state index contributed by atoms with van der Waals surface area (Å²) in [6.45, 7) is 8.77. The van der Waals surface area contributed by atoms with Gasteiger partial charge in [0.2, 0.25) is 17.8 Å². The van der Waals surface area contributed by atoms with E-state index in [1.54, 1.807) is 30.1 Å². The van der Waals surface area contributed by atoms with Crippen LogP contribution in [0.15, 0.2) is 18.2 Å². The molecule has 5 rings (SSSR count). The van der Waals surface area contributed by atoms with Crippen LogP contribution in [0.25, 0.3) is 17.0 Å². The molecule has 14 heteroatoms. The van der Waals surface area contributed by atoms with Crippen LogP contribution in [0, 0.1) is 0 Å². The number of nitrogens with zero attached hydrogens (tertiary/aromatic N) is 8. The van der Waals surface area contributed by atoms with Crippen LogP contribution in [-0.4, -0.2) is 101 Å². The van der Waals surface area contributed by atoms with Crippen molar-refractivity contribution in [1.82, 2.24) is 29.4 Å². The molecule has 0 aliphatic carbocycles. The number of hydrogen-bond donors (Lipinski definition) is 0. The summed E-state index contributed by atoms with van der Waals surface area (Å²) in [5, 5.41) is 0. The summed E-state index contributed by atoms with van der Waals surface area (Å²) in [7, 11) is 3.22. The van der Waals surface area contributed by atoms with E-state index in [1.165, 1.54) is 11.7 Å². The smallest absolute Gasteiger partial charge is 0.410 e. The summed E-state index contributed by atoms with van der Waals surface area (Å²) in [5.74, 6) is 0.705. The fourth-order valence-electron chi connectivity index (χ4n) is 5.04. The number of para-hydroxylation sites is 1. The van der Waals surface area contributed by atoms with Gasteiger partial charge in [-0.25, -0.2) is 18.6 Å². The molecule has 12 nitrogen and oxygen atoms in total. The summed E-state index contributed by atoms with van der Waals surface area (Å²) in [6, 6.07) is 5.06. The summed E-state index contributed by atoms with van der Waals surface area (Å²) in [6.07, 6.45) is -1.91. The Morgan fingerprint density at radius 1 is 1.00 bits per heavy atom. The second kappa shape index (κ2) is 11.6. The number of aromatic nitrogens is 5. The zero-order chi connectivity index (χ0) is 29.3. The van der Waals surface area contributed by atoms with Crippen molar-refractivity contribution in [3.05, 3.63) is 24.0 Å². The number of imidazole rings is 1. The lowest BCUT2D eigenvalue weighted by Gasteiger charge is -2.37. The number of halogens is 2. The number of benzene rings is 1. The Labute approximate surface area is 237 Å². The topological polar surface area (TPSA) is 111 Å². The zero-order valence-electron chi connectivity index (χ0n) is 24.0. The molecule has 2 fully saturated rings. The molecule has 0 radical (unpaired) electrons. The molecule has 0 atom stereocenters. The molecular weight excluding hydrogens is 538 g/mol. The van der Waals surface area contributed by atoms with Gasteiger partial charge >= 0.3 is 6.09 Å². The fraction of sp³-hybridized carbons (Fsp3) is 0.593. The highest BCUT2D eigenvalue weighted by Gasteiger charge is 2.31. The lowest BCUT2D eigenvalue weighted by atomic mass is 10.0. The van der Waals surface area contributed by atoms with Crippen LogP contribution in [0.5, 0.6) is 5.75 Å². The van der Waals surface area contributed by atoms with Gasteiger partial charge in [0.05, 0.1) is 25.8 Å². The van der Waals surface area contributed by atoms with Crippen molar-refractivity contribution in [2.45, 2.75) is 51.7 Å². The predicted octanol–water partition coefficient (Wildman–Crippen LogP) is 3.83. The van der Waals surface area contributed by atoms with E-state index in [0.29, 0.717) is 80.9 Å². The third-order valence-corrected chi connectivity index (χ3v) is 7.16. The number of anilines is 2. The van der Waals surface area contributed by atoms with E-state index in [0.717, 1.165) is 0 Å². The van der Waals surface area contributed by atoms with Crippen molar-refractivity contribution in [1.29, 1.82) is 0 Å². The van der Waals surface area contributed by atoms with E-state index in [1.807, 2.05) is 30.6 Å². The minimum absolute atomic E-state index is 0.0170. The van der Waals surface area contributed by atoms with E-state index in [4.69, 9.17) is 19.2 Å². The van der Waals surface area contributed by atoms with Gasteiger partial charge < -0.3 is 28.9 Å². The Kier molecular flexibility index (Phi) is 8.11. The second-order valence-corrected chi connectivity index (χ2v) is 11.1. The Morgan fingerprint density at radius 3 is 2.20 bits per heavy atom. The number of carbonyl (C=O) groups is 1. The van der Waals surface area contributed by atoms with Gasteiger partial charge in [-0.15, -0.1) is 0 Å². The maximum Gasteiger partial charge on any atom is 0.410 e. The number of piperidine rings is 1. The predicted molar refractivity (Wildman–Crippen MR) is 148 cm³/mol. The van der Waals surface area contributed by atoms with Gasteiger partial charge in [0.15, 0.2) is 5.82 Å². The first-order valence-corrected chi connectivity index (χ1v) is 13.7. The first-order valence-electron chi connectivity index (χ1n) is 13.7. The Bertz CT molecular complexity index is 1380. The highest BCUT2D eigenvalue weighted by atomic mass is 19.3. The first kappa shape index (κ1) is 28.7. The van der Waals surface area contributed by atoms with Gasteiger partial charge in [-0.1, -0.05) is 6.07 Å². The molecule has 2 aliphatic rings. The van der Waals surface area contributed by atoms with Crippen LogP contribution >= 0.6 is 0 Å². The van der Waals surface area contributed by atoms with Crippen molar-refractivity contribution in [3.63, 3.8) is 0 Å². The Balaban J connectivity index is 1.49. The maximum absolute atomic E-state index is 14.3. The van der Waals surface area contributed by atoms with Gasteiger partial charge in [0, 0.05) is 39.3 Å². The highest BCUT2D eigenvalue weighted by Crippen LogP contribution is 2.33. The number of hydrogen-bond acceptors (Lipinski definition) is 10. The van der Waals surface area contributed by atoms with Crippen LogP contribution in [0.3, 0.4) is 0 Å². The highest BCUT2D eigenvalue weighted by molar-refractivity contribution is 5.84. The van der Waals surface area contributed by atoms with E-state index in [2.05, 4.69) is 15.0 Å². The minimum Gasteiger partial charge on any atom is -0.494 e. The molecule has 41 heavy (non-hydrogen) atoms. The van der Waals surface area contributed by atoms with Crippen molar-refractivity contribution in [3.8, 4) is 11.7 Å². The maximum atomic E-state index is 14.3. The Morgan fingerprint density at radius 2 is 1.61 bits per heavy atom. The monoisotopic (exact) mass is 574 g/mol. The van der Waals surface area contributed by atoms with Gasteiger partial charge in [-0.05, 0) is 45.7 Å². The van der Waals surface area contributed by atoms with E-state index in [9.17, 15) is 13.6 Å². The number of amides is 1. The molecule has 0 bridgehead atoms. The number of rotatable bonds is 6. The van der Waals surface area contributed by atoms with Crippen molar-refractivity contribution in [2.75, 3.05) is 63.4 Å². The van der Waals surface area contributed by atoms with Gasteiger partial charge in [0.25, 0.3) is 6.43 Å². The van der Waals surface area contributed by atoms with Crippen molar-refractivity contribution >= 4 is 29.0 Å². The second-order valence-electron chi connectivity index (χ2n) is 11.1. The molecule has 4 heterocycles. The molecule has 2 aliphatic heterocycles. The first-order chi connectivity index (χ1) is 19.6. The molecule has 222 valence electrons. The lowest BCUT2D eigenvalue weighted by Crippen LogP contribution is -2.47. The number of methoxy groups -OCH3 is 1. The van der Waals surface area contributed by atoms with E-state index < -0.39 is 17.9 Å². The van der Waals surface area contributed by atoms with Crippen molar-refractivity contribution in [2.24, 2.45) is 0 Å². The summed E-state index contributed by atoms with van der Waals surface area (Å²) in [5.41, 5.74) is 0.121. The molecule has 0 N–H and O–H groups in total. The summed E-state index contributed by atoms with van der Waals surface area (Å²) in [4.78, 5) is 36.5. The summed E-state index contributed by atoms with van der Waals surface area (Å²) < 4.78 is 46.3. The Hall–Kier alpha value is -3.81. The average molecular weight is 575 g/mol. The number of ether oxygens (including phenoxy) is 3. The minimum atomic E-state index is -2.88. The van der Waals surface area contributed by atoms with Crippen LogP contribution in [0.4, 0.5) is 25.5 Å². The zero-order valence-corrected chi connectivity index (χ0v) is 24.0. The molecule has 2 saturated heterocycles. The van der Waals surface area contributed by atoms with Crippen LogP contribution in [0.2, 0.25) is 0 Å². The quantitative estimate of drug-likeness (QED) is 0.431. The third kappa shape index (κ3) is 6.11. The molecule has 1 aromatic carbocycles. The molecule has 0 spiro atoms. The van der Waals surface area contributed by atoms with Gasteiger partial charge in [-0.3, -0.25) is 4.57 Å². The van der Waals surface area contributed by atoms with Crippen LogP contribution < -0.4 is 14.5 Å². The SMILES string of the molecule is COc1cccc2c1nc(C(F)F)n2-c1nc(N2CCOCC2)nc(N2CCC(N(C)C(=O)OC(C)(C)C)CC2)n1. The van der Waals surface area contributed by atoms with Crippen LogP contribution in [-0.2, 0) is 9.47 Å². The van der Waals surface area contributed by atoms with E-state index >= 15 is 0 Å². The van der Waals surface area contributed by atoms with Crippen LogP contribution in [0.1, 0.15) is 45.9 Å². The molecule has 0 saturated carbocycles. The number of carbonyl (C=O) groups excluding carboxylic acids is 1. The van der Waals surface area contributed by atoms with Gasteiger partial charge in [0.1, 0.15) is 16.9 Å². The van der Waals surface area contributed by atoms with Gasteiger partial charge in [-0.2, -0.15) is 15.0 Å². The third-order valence-electron chi connectivity index (χ3n) is 7.16. The largest absolute Gasteiger partial charge is 0.494 e. The number of alkyl halides is 2. The molecule has 2 aromatic heterocycles.